The number of rotatable bonds is 2. The highest BCUT2D eigenvalue weighted by Crippen LogP contribution is 2.14. The van der Waals surface area contributed by atoms with E-state index in [2.05, 4.69) is 4.72 Å². The fourth-order valence-corrected chi connectivity index (χ4v) is 1.42. The highest BCUT2D eigenvalue weighted by Gasteiger charge is 2.19. The molecule has 0 aliphatic heterocycles. The lowest BCUT2D eigenvalue weighted by atomic mass is 10.3. The zero-order valence-electron chi connectivity index (χ0n) is 8.20. The molecule has 0 bridgehead atoms. The van der Waals surface area contributed by atoms with Gasteiger partial charge in [0.25, 0.3) is 0 Å². The standard InChI is InChI=1S/C10H15NOS/c1-10(2,3)13(12)11-9-7-5-4-6-8-9/h4-8,11H,1-3H3/t13-/m0/s1. The third kappa shape index (κ3) is 3.19. The smallest absolute Gasteiger partial charge is 0.122 e. The Kier molecular flexibility index (Phi) is 3.09. The molecule has 0 spiro atoms. The Morgan fingerprint density at radius 1 is 1.15 bits per heavy atom. The van der Waals surface area contributed by atoms with E-state index < -0.39 is 11.0 Å². The van der Waals surface area contributed by atoms with Crippen LogP contribution in [0.4, 0.5) is 5.69 Å². The molecule has 13 heavy (non-hydrogen) atoms. The highest BCUT2D eigenvalue weighted by molar-refractivity contribution is 7.87. The molecule has 3 heteroatoms. The minimum Gasteiger partial charge on any atom is -0.305 e. The van der Waals surface area contributed by atoms with Crippen LogP contribution in [0.25, 0.3) is 0 Å². The molecule has 0 aliphatic rings. The second kappa shape index (κ2) is 3.92. The summed E-state index contributed by atoms with van der Waals surface area (Å²) < 4.78 is 14.4. The molecule has 0 amide bonds. The van der Waals surface area contributed by atoms with Gasteiger partial charge in [0.15, 0.2) is 0 Å². The lowest BCUT2D eigenvalue weighted by Gasteiger charge is -2.18. The summed E-state index contributed by atoms with van der Waals surface area (Å²) in [6.45, 7) is 5.83. The number of hydrogen-bond donors (Lipinski definition) is 1. The second-order valence-electron chi connectivity index (χ2n) is 3.85. The van der Waals surface area contributed by atoms with Crippen LogP contribution in [0.1, 0.15) is 20.8 Å². The first kappa shape index (κ1) is 10.3. The van der Waals surface area contributed by atoms with Crippen molar-refractivity contribution in [1.82, 2.24) is 0 Å². The van der Waals surface area contributed by atoms with Gasteiger partial charge in [-0.25, -0.2) is 4.21 Å². The lowest BCUT2D eigenvalue weighted by Crippen LogP contribution is -2.27. The average molecular weight is 197 g/mol. The van der Waals surface area contributed by atoms with Crippen molar-refractivity contribution in [2.45, 2.75) is 25.5 Å². The molecule has 1 rings (SSSR count). The summed E-state index contributed by atoms with van der Waals surface area (Å²) in [5.41, 5.74) is 0.899. The Morgan fingerprint density at radius 3 is 2.15 bits per heavy atom. The quantitative estimate of drug-likeness (QED) is 0.775. The molecule has 0 radical (unpaired) electrons. The maximum Gasteiger partial charge on any atom is 0.122 e. The van der Waals surface area contributed by atoms with Crippen molar-refractivity contribution < 1.29 is 4.21 Å². The van der Waals surface area contributed by atoms with E-state index in [-0.39, 0.29) is 4.75 Å². The van der Waals surface area contributed by atoms with Gasteiger partial charge in [-0.15, -0.1) is 0 Å². The normalized spacial score (nSPS) is 13.8. The Balaban J connectivity index is 2.66. The van der Waals surface area contributed by atoms with Gasteiger partial charge in [0.05, 0.1) is 4.75 Å². The van der Waals surface area contributed by atoms with Crippen molar-refractivity contribution in [3.63, 3.8) is 0 Å². The number of hydrogen-bond acceptors (Lipinski definition) is 1. The van der Waals surface area contributed by atoms with Crippen molar-refractivity contribution >= 4 is 16.7 Å². The number of benzene rings is 1. The Labute approximate surface area is 82.0 Å². The molecule has 1 aromatic rings. The molecule has 0 saturated heterocycles. The monoisotopic (exact) mass is 197 g/mol. The first-order chi connectivity index (χ1) is 6.00. The van der Waals surface area contributed by atoms with E-state index in [1.807, 2.05) is 51.1 Å². The number of anilines is 1. The predicted molar refractivity (Wildman–Crippen MR) is 58.0 cm³/mol. The van der Waals surface area contributed by atoms with Crippen LogP contribution in [0.5, 0.6) is 0 Å². The topological polar surface area (TPSA) is 29.1 Å². The molecule has 0 aliphatic carbocycles. The van der Waals surface area contributed by atoms with E-state index in [1.54, 1.807) is 0 Å². The Bertz CT molecular complexity index is 290. The zero-order chi connectivity index (χ0) is 9.90. The molecule has 0 fully saturated rings. The number of para-hydroxylation sites is 1. The van der Waals surface area contributed by atoms with Crippen LogP contribution in [0.3, 0.4) is 0 Å². The summed E-state index contributed by atoms with van der Waals surface area (Å²) in [6, 6.07) is 9.59. The first-order valence-electron chi connectivity index (χ1n) is 4.24. The lowest BCUT2D eigenvalue weighted by molar-refractivity contribution is 0.653. The van der Waals surface area contributed by atoms with E-state index in [4.69, 9.17) is 0 Å². The summed E-state index contributed by atoms with van der Waals surface area (Å²) in [5, 5.41) is 0. The van der Waals surface area contributed by atoms with Crippen LogP contribution in [0, 0.1) is 0 Å². The van der Waals surface area contributed by atoms with Gasteiger partial charge in [0.2, 0.25) is 0 Å². The minimum atomic E-state index is -1.04. The fourth-order valence-electron chi connectivity index (χ4n) is 0.766. The number of nitrogens with one attached hydrogen (secondary N) is 1. The van der Waals surface area contributed by atoms with Crippen molar-refractivity contribution in [3.05, 3.63) is 30.3 Å². The molecular formula is C10H15NOS. The molecule has 1 atom stereocenters. The van der Waals surface area contributed by atoms with Crippen molar-refractivity contribution in [3.8, 4) is 0 Å². The summed E-state index contributed by atoms with van der Waals surface area (Å²) in [5.74, 6) is 0. The Hall–Kier alpha value is -0.830. The molecule has 0 unspecified atom stereocenters. The van der Waals surface area contributed by atoms with Gasteiger partial charge in [-0.3, -0.25) is 0 Å². The van der Waals surface area contributed by atoms with Crippen LogP contribution >= 0.6 is 0 Å². The van der Waals surface area contributed by atoms with Crippen LogP contribution in [0.15, 0.2) is 30.3 Å². The summed E-state index contributed by atoms with van der Waals surface area (Å²) in [6.07, 6.45) is 0. The van der Waals surface area contributed by atoms with Gasteiger partial charge in [0, 0.05) is 5.69 Å². The van der Waals surface area contributed by atoms with Gasteiger partial charge in [-0.2, -0.15) is 0 Å². The first-order valence-corrected chi connectivity index (χ1v) is 5.39. The molecule has 1 aromatic carbocycles. The van der Waals surface area contributed by atoms with E-state index >= 15 is 0 Å². The van der Waals surface area contributed by atoms with Crippen molar-refractivity contribution in [2.24, 2.45) is 0 Å². The molecule has 0 heterocycles. The van der Waals surface area contributed by atoms with Gasteiger partial charge >= 0.3 is 0 Å². The summed E-state index contributed by atoms with van der Waals surface area (Å²) in [4.78, 5) is 0. The van der Waals surface area contributed by atoms with Crippen LogP contribution in [0.2, 0.25) is 0 Å². The van der Waals surface area contributed by atoms with E-state index in [0.717, 1.165) is 5.69 Å². The molecule has 0 saturated carbocycles. The Morgan fingerprint density at radius 2 is 1.69 bits per heavy atom. The van der Waals surface area contributed by atoms with Gasteiger partial charge < -0.3 is 4.72 Å². The largest absolute Gasteiger partial charge is 0.305 e. The van der Waals surface area contributed by atoms with Crippen LogP contribution in [-0.4, -0.2) is 8.96 Å². The van der Waals surface area contributed by atoms with Crippen molar-refractivity contribution in [2.75, 3.05) is 4.72 Å². The van der Waals surface area contributed by atoms with E-state index in [1.165, 1.54) is 0 Å². The van der Waals surface area contributed by atoms with E-state index in [9.17, 15) is 4.21 Å². The molecule has 1 N–H and O–H groups in total. The van der Waals surface area contributed by atoms with Crippen molar-refractivity contribution in [1.29, 1.82) is 0 Å². The third-order valence-corrected chi connectivity index (χ3v) is 3.07. The maximum atomic E-state index is 11.6. The average Bonchev–Trinajstić information content (AvgIpc) is 2.04. The third-order valence-electron chi connectivity index (χ3n) is 1.54. The molecule has 2 nitrogen and oxygen atoms in total. The highest BCUT2D eigenvalue weighted by atomic mass is 32.2. The zero-order valence-corrected chi connectivity index (χ0v) is 9.02. The van der Waals surface area contributed by atoms with Crippen LogP contribution < -0.4 is 4.72 Å². The van der Waals surface area contributed by atoms with Crippen LogP contribution in [-0.2, 0) is 11.0 Å². The fraction of sp³-hybridized carbons (Fsp3) is 0.400. The summed E-state index contributed by atoms with van der Waals surface area (Å²) >= 11 is 0. The molecule has 0 aromatic heterocycles. The van der Waals surface area contributed by atoms with Gasteiger partial charge in [0.1, 0.15) is 11.0 Å². The molecule has 72 valence electrons. The SMILES string of the molecule is CC(C)(C)[S@](=O)Nc1ccccc1. The maximum absolute atomic E-state index is 11.6. The summed E-state index contributed by atoms with van der Waals surface area (Å²) in [7, 11) is -1.04. The molecular weight excluding hydrogens is 182 g/mol. The minimum absolute atomic E-state index is 0.226. The second-order valence-corrected chi connectivity index (χ2v) is 5.82. The van der Waals surface area contributed by atoms with Gasteiger partial charge in [-0.1, -0.05) is 18.2 Å². The predicted octanol–water partition coefficient (Wildman–Crippen LogP) is 2.56. The van der Waals surface area contributed by atoms with Gasteiger partial charge in [-0.05, 0) is 32.9 Å². The van der Waals surface area contributed by atoms with E-state index in [0.29, 0.717) is 0 Å².